The zero-order valence-corrected chi connectivity index (χ0v) is 24.2. The van der Waals surface area contributed by atoms with E-state index >= 15 is 0 Å². The van der Waals surface area contributed by atoms with Crippen molar-refractivity contribution in [1.82, 2.24) is 29.8 Å². The molecule has 1 aliphatic heterocycles. The molecule has 1 aliphatic carbocycles. The second-order valence-corrected chi connectivity index (χ2v) is 10.9. The Morgan fingerprint density at radius 3 is 2.51 bits per heavy atom. The smallest absolute Gasteiger partial charge is 0.401 e. The monoisotopic (exact) mass is 630 g/mol. The molecule has 0 spiro atoms. The van der Waals surface area contributed by atoms with Crippen LogP contribution in [0.4, 0.5) is 35.0 Å². The highest BCUT2D eigenvalue weighted by atomic mass is 19.4. The molecule has 6 rings (SSSR count). The number of ether oxygens (including phenoxy) is 2. The number of halogens is 4. The second-order valence-electron chi connectivity index (χ2n) is 10.9. The van der Waals surface area contributed by atoms with Gasteiger partial charge in [0.2, 0.25) is 11.9 Å². The quantitative estimate of drug-likeness (QED) is 0.231. The molecule has 16 heteroatoms. The van der Waals surface area contributed by atoms with Crippen LogP contribution in [0.2, 0.25) is 0 Å². The Hall–Kier alpha value is -4.57. The van der Waals surface area contributed by atoms with Crippen LogP contribution in [0.1, 0.15) is 24.2 Å². The van der Waals surface area contributed by atoms with E-state index < -0.39 is 23.3 Å². The first-order valence-corrected chi connectivity index (χ1v) is 14.3. The van der Waals surface area contributed by atoms with E-state index in [-0.39, 0.29) is 42.4 Å². The van der Waals surface area contributed by atoms with Gasteiger partial charge < -0.3 is 24.6 Å². The van der Waals surface area contributed by atoms with Crippen LogP contribution >= 0.6 is 0 Å². The molecule has 3 aromatic heterocycles. The number of amides is 1. The molecule has 1 saturated carbocycles. The van der Waals surface area contributed by atoms with Gasteiger partial charge in [0.25, 0.3) is 5.88 Å². The average molecular weight is 631 g/mol. The van der Waals surface area contributed by atoms with Crippen molar-refractivity contribution in [2.45, 2.75) is 37.4 Å². The average Bonchev–Trinajstić information content (AvgIpc) is 3.58. The number of alkyl halides is 3. The van der Waals surface area contributed by atoms with Gasteiger partial charge in [0.1, 0.15) is 16.9 Å². The number of benzene rings is 1. The molecule has 0 radical (unpaired) electrons. The summed E-state index contributed by atoms with van der Waals surface area (Å²) in [6.45, 7) is 4.71. The molecule has 2 N–H and O–H groups in total. The third-order valence-electron chi connectivity index (χ3n) is 7.85. The minimum atomic E-state index is -4.47. The molecule has 238 valence electrons. The van der Waals surface area contributed by atoms with E-state index in [9.17, 15) is 22.4 Å². The summed E-state index contributed by atoms with van der Waals surface area (Å²) in [5.41, 5.74) is -0.347. The van der Waals surface area contributed by atoms with Crippen LogP contribution in [-0.4, -0.2) is 81.8 Å². The van der Waals surface area contributed by atoms with Crippen molar-refractivity contribution in [3.63, 3.8) is 0 Å². The van der Waals surface area contributed by atoms with Crippen molar-refractivity contribution in [2.24, 2.45) is 0 Å². The van der Waals surface area contributed by atoms with Gasteiger partial charge in [-0.2, -0.15) is 13.2 Å². The Labute approximate surface area is 254 Å². The Kier molecular flexibility index (Phi) is 8.42. The fourth-order valence-electron chi connectivity index (χ4n) is 5.07. The number of morpholine rings is 1. The first-order valence-electron chi connectivity index (χ1n) is 14.3. The van der Waals surface area contributed by atoms with Crippen molar-refractivity contribution >= 4 is 23.4 Å². The van der Waals surface area contributed by atoms with Gasteiger partial charge in [-0.25, -0.2) is 14.4 Å². The summed E-state index contributed by atoms with van der Waals surface area (Å²) >= 11 is 0. The van der Waals surface area contributed by atoms with E-state index in [0.29, 0.717) is 29.2 Å². The van der Waals surface area contributed by atoms with Crippen molar-refractivity contribution in [2.75, 3.05) is 50.6 Å². The van der Waals surface area contributed by atoms with Crippen LogP contribution in [0, 0.1) is 5.82 Å². The van der Waals surface area contributed by atoms with Crippen molar-refractivity contribution in [3.8, 4) is 17.0 Å². The normalized spacial score (nSPS) is 16.4. The molecule has 1 saturated heterocycles. The highest BCUT2D eigenvalue weighted by molar-refractivity contribution is 5.91. The molecule has 1 aromatic carbocycles. The second kappa shape index (κ2) is 12.4. The first-order chi connectivity index (χ1) is 21.6. The summed E-state index contributed by atoms with van der Waals surface area (Å²) in [4.78, 5) is 23.4. The molecule has 0 unspecified atom stereocenters. The number of hydrogen-bond acceptors (Lipinski definition) is 10. The Balaban J connectivity index is 1.05. The molecule has 2 fully saturated rings. The zero-order valence-electron chi connectivity index (χ0n) is 24.2. The molecule has 4 aromatic rings. The minimum absolute atomic E-state index is 0.0888. The molecule has 12 nitrogen and oxygen atoms in total. The maximum absolute atomic E-state index is 14.9. The Bertz CT molecular complexity index is 1650. The van der Waals surface area contributed by atoms with E-state index in [1.165, 1.54) is 31.6 Å². The maximum Gasteiger partial charge on any atom is 0.401 e. The van der Waals surface area contributed by atoms with Crippen LogP contribution in [0.15, 0.2) is 47.4 Å². The number of methoxy groups -OCH3 is 1. The highest BCUT2D eigenvalue weighted by Crippen LogP contribution is 2.59. The third kappa shape index (κ3) is 6.76. The topological polar surface area (TPSA) is 132 Å². The van der Waals surface area contributed by atoms with Gasteiger partial charge in [0.15, 0.2) is 11.6 Å². The summed E-state index contributed by atoms with van der Waals surface area (Å²) in [7, 11) is 1.53. The Morgan fingerprint density at radius 1 is 1.09 bits per heavy atom. The fourth-order valence-corrected chi connectivity index (χ4v) is 5.07. The summed E-state index contributed by atoms with van der Waals surface area (Å²) < 4.78 is 72.3. The number of anilines is 3. The summed E-state index contributed by atoms with van der Waals surface area (Å²) in [6.07, 6.45) is -0.159. The van der Waals surface area contributed by atoms with E-state index in [0.717, 1.165) is 38.9 Å². The largest absolute Gasteiger partial charge is 0.478 e. The summed E-state index contributed by atoms with van der Waals surface area (Å²) in [5.74, 6) is -1.13. The lowest BCUT2D eigenvalue weighted by atomic mass is 10.0. The van der Waals surface area contributed by atoms with Crippen LogP contribution in [0.3, 0.4) is 0 Å². The van der Waals surface area contributed by atoms with E-state index in [1.54, 1.807) is 10.7 Å². The standard InChI is InChI=1S/C29H30F4N8O4/c1-43-26-22(17-41(38-26)7-6-40-8-10-44-11-9-40)36-27-34-15-20(16-35-27)18-2-3-19(21(30)12-18)13-25(42)37-24-14-23(45-39-24)28(4-5-28)29(31,32)33/h2-3,12,14-17H,4-11,13H2,1H3,(H,34,35,36)(H,37,39,42). The first kappa shape index (κ1) is 30.5. The number of rotatable bonds is 11. The molecule has 45 heavy (non-hydrogen) atoms. The molecule has 0 atom stereocenters. The lowest BCUT2D eigenvalue weighted by molar-refractivity contribution is -0.165. The van der Waals surface area contributed by atoms with E-state index in [2.05, 4.69) is 35.8 Å². The van der Waals surface area contributed by atoms with Crippen LogP contribution in [0.25, 0.3) is 11.1 Å². The molecule has 1 amide bonds. The number of nitrogens with zero attached hydrogens (tertiary/aromatic N) is 6. The maximum atomic E-state index is 14.9. The minimum Gasteiger partial charge on any atom is -0.478 e. The van der Waals surface area contributed by atoms with Crippen LogP contribution < -0.4 is 15.4 Å². The fraction of sp³-hybridized carbons (Fsp3) is 0.414. The van der Waals surface area contributed by atoms with Crippen molar-refractivity contribution < 1.29 is 36.4 Å². The van der Waals surface area contributed by atoms with Gasteiger partial charge in [0.05, 0.1) is 39.5 Å². The number of nitrogens with one attached hydrogen (secondary N) is 2. The lowest BCUT2D eigenvalue weighted by Gasteiger charge is -2.26. The van der Waals surface area contributed by atoms with Gasteiger partial charge in [-0.05, 0) is 30.0 Å². The van der Waals surface area contributed by atoms with Gasteiger partial charge in [-0.15, -0.1) is 5.10 Å². The van der Waals surface area contributed by atoms with Crippen LogP contribution in [0.5, 0.6) is 5.88 Å². The third-order valence-corrected chi connectivity index (χ3v) is 7.85. The Morgan fingerprint density at radius 2 is 1.84 bits per heavy atom. The highest BCUT2D eigenvalue weighted by Gasteiger charge is 2.66. The van der Waals surface area contributed by atoms with Crippen molar-refractivity contribution in [1.29, 1.82) is 0 Å². The summed E-state index contributed by atoms with van der Waals surface area (Å²) in [5, 5.41) is 13.4. The molecule has 0 bridgehead atoms. The predicted molar refractivity (Wildman–Crippen MR) is 153 cm³/mol. The summed E-state index contributed by atoms with van der Waals surface area (Å²) in [6, 6.07) is 5.38. The predicted octanol–water partition coefficient (Wildman–Crippen LogP) is 4.33. The lowest BCUT2D eigenvalue weighted by Crippen LogP contribution is -2.38. The van der Waals surface area contributed by atoms with E-state index in [1.807, 2.05) is 6.20 Å². The molecular weight excluding hydrogens is 600 g/mol. The van der Waals surface area contributed by atoms with Gasteiger partial charge in [-0.1, -0.05) is 17.3 Å². The number of aromatic nitrogens is 5. The number of carbonyl (C=O) groups excluding carboxylic acids is 1. The van der Waals surface area contributed by atoms with Crippen LogP contribution in [-0.2, 0) is 27.9 Å². The van der Waals surface area contributed by atoms with Gasteiger partial charge in [0, 0.05) is 43.7 Å². The SMILES string of the molecule is COc1nn(CCN2CCOCC2)cc1Nc1ncc(-c2ccc(CC(=O)Nc3cc(C4(C(F)(F)F)CC4)on3)c(F)c2)cn1. The molecular formula is C29H30F4N8O4. The van der Waals surface area contributed by atoms with E-state index in [4.69, 9.17) is 14.0 Å². The van der Waals surface area contributed by atoms with Crippen molar-refractivity contribution in [3.05, 3.63) is 60.0 Å². The zero-order chi connectivity index (χ0) is 31.6. The number of carbonyl (C=O) groups is 1. The molecule has 4 heterocycles. The molecule has 2 aliphatic rings. The van der Waals surface area contributed by atoms with Gasteiger partial charge >= 0.3 is 6.18 Å². The van der Waals surface area contributed by atoms with Gasteiger partial charge in [-0.3, -0.25) is 14.4 Å². The number of hydrogen-bond donors (Lipinski definition) is 2.